The zero-order valence-corrected chi connectivity index (χ0v) is 9.81. The lowest BCUT2D eigenvalue weighted by atomic mass is 9.76. The Labute approximate surface area is 88.7 Å². The Morgan fingerprint density at radius 1 is 1.21 bits per heavy atom. The molecule has 0 amide bonds. The second-order valence-electron chi connectivity index (χ2n) is 6.09. The quantitative estimate of drug-likeness (QED) is 0.713. The van der Waals surface area contributed by atoms with Gasteiger partial charge >= 0.3 is 0 Å². The highest BCUT2D eigenvalue weighted by atomic mass is 14.9. The van der Waals surface area contributed by atoms with Crippen molar-refractivity contribution in [2.75, 3.05) is 13.1 Å². The minimum absolute atomic E-state index is 0.698. The Morgan fingerprint density at radius 2 is 1.93 bits per heavy atom. The Kier molecular flexibility index (Phi) is 3.16. The van der Waals surface area contributed by atoms with Crippen LogP contribution in [0.25, 0.3) is 0 Å². The maximum absolute atomic E-state index is 3.58. The molecule has 2 fully saturated rings. The van der Waals surface area contributed by atoms with Crippen LogP contribution in [0.5, 0.6) is 0 Å². The van der Waals surface area contributed by atoms with Gasteiger partial charge in [-0.05, 0) is 56.0 Å². The Hall–Kier alpha value is -0.0400. The maximum Gasteiger partial charge on any atom is -0.00201 e. The van der Waals surface area contributed by atoms with Crippen molar-refractivity contribution in [3.63, 3.8) is 0 Å². The molecule has 1 nitrogen and oxygen atoms in total. The highest BCUT2D eigenvalue weighted by Crippen LogP contribution is 2.43. The monoisotopic (exact) mass is 195 g/mol. The molecule has 1 heteroatoms. The molecule has 1 aliphatic heterocycles. The first kappa shape index (κ1) is 10.5. The molecular formula is C13H25N. The zero-order valence-electron chi connectivity index (χ0n) is 9.81. The van der Waals surface area contributed by atoms with E-state index in [0.29, 0.717) is 5.41 Å². The molecule has 0 aromatic carbocycles. The van der Waals surface area contributed by atoms with E-state index < -0.39 is 0 Å². The summed E-state index contributed by atoms with van der Waals surface area (Å²) in [5.74, 6) is 1.86. The lowest BCUT2D eigenvalue weighted by Gasteiger charge is -2.34. The highest BCUT2D eigenvalue weighted by Gasteiger charge is 2.32. The molecule has 2 rings (SSSR count). The van der Waals surface area contributed by atoms with Gasteiger partial charge in [0.05, 0.1) is 0 Å². The van der Waals surface area contributed by atoms with Crippen LogP contribution in [0.1, 0.15) is 52.4 Å². The van der Waals surface area contributed by atoms with Crippen molar-refractivity contribution in [2.24, 2.45) is 17.3 Å². The summed E-state index contributed by atoms with van der Waals surface area (Å²) >= 11 is 0. The predicted octanol–water partition coefficient (Wildman–Crippen LogP) is 3.20. The largest absolute Gasteiger partial charge is 0.316 e. The second kappa shape index (κ2) is 4.22. The van der Waals surface area contributed by atoms with Crippen LogP contribution in [0.3, 0.4) is 0 Å². The van der Waals surface area contributed by atoms with Gasteiger partial charge in [-0.3, -0.25) is 0 Å². The van der Waals surface area contributed by atoms with E-state index in [1.165, 1.54) is 51.6 Å². The number of hydrogen-bond acceptors (Lipinski definition) is 1. The molecular weight excluding hydrogens is 170 g/mol. The molecule has 14 heavy (non-hydrogen) atoms. The fraction of sp³-hybridized carbons (Fsp3) is 1.00. The van der Waals surface area contributed by atoms with E-state index in [1.54, 1.807) is 0 Å². The van der Waals surface area contributed by atoms with Crippen molar-refractivity contribution in [2.45, 2.75) is 52.4 Å². The summed E-state index contributed by atoms with van der Waals surface area (Å²) in [4.78, 5) is 0. The van der Waals surface area contributed by atoms with Gasteiger partial charge in [0, 0.05) is 0 Å². The molecule has 82 valence electrons. The third-order valence-corrected chi connectivity index (χ3v) is 4.25. The molecule has 1 N–H and O–H groups in total. The summed E-state index contributed by atoms with van der Waals surface area (Å²) in [7, 11) is 0. The normalized spacial score (nSPS) is 37.3. The van der Waals surface area contributed by atoms with Crippen molar-refractivity contribution in [3.8, 4) is 0 Å². The fourth-order valence-electron chi connectivity index (χ4n) is 3.55. The van der Waals surface area contributed by atoms with E-state index in [4.69, 9.17) is 0 Å². The Bertz CT molecular complexity index is 182. The highest BCUT2D eigenvalue weighted by molar-refractivity contribution is 4.85. The summed E-state index contributed by atoms with van der Waals surface area (Å²) in [6.45, 7) is 7.42. The van der Waals surface area contributed by atoms with Gasteiger partial charge in [-0.2, -0.15) is 0 Å². The van der Waals surface area contributed by atoms with E-state index in [-0.39, 0.29) is 0 Å². The molecule has 0 spiro atoms. The number of piperidine rings is 1. The maximum atomic E-state index is 3.58. The Morgan fingerprint density at radius 3 is 2.57 bits per heavy atom. The third-order valence-electron chi connectivity index (χ3n) is 4.25. The van der Waals surface area contributed by atoms with E-state index in [1.807, 2.05) is 0 Å². The van der Waals surface area contributed by atoms with Crippen LogP contribution < -0.4 is 5.32 Å². The lowest BCUT2D eigenvalue weighted by Crippen LogP contribution is -2.37. The molecule has 0 aromatic rings. The summed E-state index contributed by atoms with van der Waals surface area (Å²) in [6.07, 6.45) is 8.86. The van der Waals surface area contributed by atoms with E-state index in [2.05, 4.69) is 19.2 Å². The molecule has 1 saturated carbocycles. The van der Waals surface area contributed by atoms with E-state index in [9.17, 15) is 0 Å². The van der Waals surface area contributed by atoms with Gasteiger partial charge in [-0.1, -0.05) is 26.7 Å². The minimum atomic E-state index is 0.698. The summed E-state index contributed by atoms with van der Waals surface area (Å²) in [5.41, 5.74) is 0.698. The van der Waals surface area contributed by atoms with Crippen molar-refractivity contribution >= 4 is 0 Å². The summed E-state index contributed by atoms with van der Waals surface area (Å²) < 4.78 is 0. The van der Waals surface area contributed by atoms with Crippen LogP contribution in [-0.4, -0.2) is 13.1 Å². The smallest absolute Gasteiger partial charge is 0.00201 e. The number of nitrogens with one attached hydrogen (secondary N) is 1. The van der Waals surface area contributed by atoms with Gasteiger partial charge in [0.1, 0.15) is 0 Å². The van der Waals surface area contributed by atoms with Crippen molar-refractivity contribution in [1.29, 1.82) is 0 Å². The van der Waals surface area contributed by atoms with E-state index in [0.717, 1.165) is 11.8 Å². The van der Waals surface area contributed by atoms with Crippen molar-refractivity contribution in [1.82, 2.24) is 5.32 Å². The topological polar surface area (TPSA) is 12.0 Å². The van der Waals surface area contributed by atoms with Crippen LogP contribution >= 0.6 is 0 Å². The zero-order chi connectivity index (χ0) is 10.0. The molecule has 0 radical (unpaired) electrons. The standard InChI is InChI=1S/C13H25N/c1-11-7-12(10-14-9-11)8-13(2)5-3-4-6-13/h11-12,14H,3-10H2,1-2H3. The summed E-state index contributed by atoms with van der Waals surface area (Å²) in [5, 5.41) is 3.58. The number of hydrogen-bond donors (Lipinski definition) is 1. The average molecular weight is 195 g/mol. The van der Waals surface area contributed by atoms with Crippen molar-refractivity contribution < 1.29 is 0 Å². The van der Waals surface area contributed by atoms with Crippen LogP contribution in [0.4, 0.5) is 0 Å². The van der Waals surface area contributed by atoms with Gasteiger partial charge in [-0.25, -0.2) is 0 Å². The SMILES string of the molecule is CC1CNCC(CC2(C)CCCC2)C1. The van der Waals surface area contributed by atoms with Gasteiger partial charge in [0.25, 0.3) is 0 Å². The van der Waals surface area contributed by atoms with Gasteiger partial charge in [0.15, 0.2) is 0 Å². The molecule has 2 atom stereocenters. The molecule has 2 unspecified atom stereocenters. The molecule has 1 heterocycles. The van der Waals surface area contributed by atoms with Crippen molar-refractivity contribution in [3.05, 3.63) is 0 Å². The Balaban J connectivity index is 1.83. The molecule has 0 bridgehead atoms. The second-order valence-corrected chi connectivity index (χ2v) is 6.09. The predicted molar refractivity (Wildman–Crippen MR) is 61.3 cm³/mol. The van der Waals surface area contributed by atoms with Gasteiger partial charge < -0.3 is 5.32 Å². The molecule has 1 aliphatic carbocycles. The molecule has 0 aromatic heterocycles. The first-order valence-corrected chi connectivity index (χ1v) is 6.39. The summed E-state index contributed by atoms with van der Waals surface area (Å²) in [6, 6.07) is 0. The fourth-order valence-corrected chi connectivity index (χ4v) is 3.55. The lowest BCUT2D eigenvalue weighted by molar-refractivity contribution is 0.193. The van der Waals surface area contributed by atoms with Crippen LogP contribution in [0.15, 0.2) is 0 Å². The first-order chi connectivity index (χ1) is 6.68. The minimum Gasteiger partial charge on any atom is -0.316 e. The van der Waals surface area contributed by atoms with Crippen LogP contribution in [0.2, 0.25) is 0 Å². The van der Waals surface area contributed by atoms with E-state index >= 15 is 0 Å². The van der Waals surface area contributed by atoms with Gasteiger partial charge in [-0.15, -0.1) is 0 Å². The first-order valence-electron chi connectivity index (χ1n) is 6.39. The average Bonchev–Trinajstić information content (AvgIpc) is 2.51. The van der Waals surface area contributed by atoms with Gasteiger partial charge in [0.2, 0.25) is 0 Å². The molecule has 1 saturated heterocycles. The molecule has 2 aliphatic rings. The van der Waals surface area contributed by atoms with Crippen LogP contribution in [-0.2, 0) is 0 Å². The van der Waals surface area contributed by atoms with Crippen LogP contribution in [0, 0.1) is 17.3 Å². The third kappa shape index (κ3) is 2.50. The number of rotatable bonds is 2.